The molecule has 0 spiro atoms. The van der Waals surface area contributed by atoms with Gasteiger partial charge in [-0.05, 0) is 69.8 Å². The Morgan fingerprint density at radius 3 is 1.36 bits per heavy atom. The third-order valence-corrected chi connectivity index (χ3v) is 8.30. The number of rotatable bonds is 6. The molecule has 0 saturated heterocycles. The van der Waals surface area contributed by atoms with Gasteiger partial charge in [0.25, 0.3) is 0 Å². The minimum atomic E-state index is 0.867. The molecule has 208 valence electrons. The van der Waals surface area contributed by atoms with Gasteiger partial charge in [0.05, 0.1) is 5.69 Å². The molecule has 0 radical (unpaired) electrons. The Morgan fingerprint density at radius 1 is 0.364 bits per heavy atom. The highest BCUT2D eigenvalue weighted by molar-refractivity contribution is 6.16. The summed E-state index contributed by atoms with van der Waals surface area (Å²) in [6, 6.07) is 62.0. The molecule has 0 aliphatic carbocycles. The second-order valence-electron chi connectivity index (χ2n) is 11.0. The Balaban J connectivity index is 1.34. The molecule has 2 nitrogen and oxygen atoms in total. The first-order valence-corrected chi connectivity index (χ1v) is 14.9. The van der Waals surface area contributed by atoms with Crippen LogP contribution in [0.2, 0.25) is 0 Å². The molecule has 0 fully saturated rings. The zero-order valence-corrected chi connectivity index (χ0v) is 24.1. The van der Waals surface area contributed by atoms with Crippen LogP contribution in [-0.4, -0.2) is 0 Å². The maximum atomic E-state index is 6.71. The number of anilines is 3. The molecule has 0 saturated carbocycles. The van der Waals surface area contributed by atoms with Gasteiger partial charge in [0.15, 0.2) is 5.58 Å². The minimum absolute atomic E-state index is 0.867. The van der Waals surface area contributed by atoms with Crippen molar-refractivity contribution in [1.29, 1.82) is 0 Å². The van der Waals surface area contributed by atoms with Crippen molar-refractivity contribution in [3.8, 4) is 33.4 Å². The van der Waals surface area contributed by atoms with E-state index in [1.165, 1.54) is 27.8 Å². The first-order chi connectivity index (χ1) is 21.8. The maximum absolute atomic E-state index is 6.71. The van der Waals surface area contributed by atoms with E-state index in [1.54, 1.807) is 0 Å². The second-order valence-corrected chi connectivity index (χ2v) is 11.0. The SMILES string of the molecule is c1ccc(-c2ccc(N(c3ccc(-c4ccccc4)cc3)c3ccc(-c4ccccc4)c4c3oc3ccccc34)cc2)cc1. The Morgan fingerprint density at radius 2 is 0.818 bits per heavy atom. The Hall–Kier alpha value is -5.86. The molecule has 0 aliphatic heterocycles. The van der Waals surface area contributed by atoms with E-state index in [9.17, 15) is 0 Å². The van der Waals surface area contributed by atoms with E-state index >= 15 is 0 Å². The smallest absolute Gasteiger partial charge is 0.160 e. The summed E-state index contributed by atoms with van der Waals surface area (Å²) >= 11 is 0. The zero-order valence-electron chi connectivity index (χ0n) is 24.1. The van der Waals surface area contributed by atoms with Crippen LogP contribution >= 0.6 is 0 Å². The third kappa shape index (κ3) is 4.63. The van der Waals surface area contributed by atoms with Gasteiger partial charge in [0.1, 0.15) is 5.58 Å². The highest BCUT2D eigenvalue weighted by Crippen LogP contribution is 2.46. The Bertz CT molecular complexity index is 2100. The average Bonchev–Trinajstić information content (AvgIpc) is 3.50. The fourth-order valence-electron chi connectivity index (χ4n) is 6.14. The van der Waals surface area contributed by atoms with Gasteiger partial charge in [-0.15, -0.1) is 0 Å². The minimum Gasteiger partial charge on any atom is -0.454 e. The van der Waals surface area contributed by atoms with E-state index in [2.05, 4.69) is 175 Å². The van der Waals surface area contributed by atoms with Crippen LogP contribution in [0.4, 0.5) is 17.1 Å². The number of benzene rings is 7. The van der Waals surface area contributed by atoms with Gasteiger partial charge in [0, 0.05) is 22.1 Å². The topological polar surface area (TPSA) is 16.4 Å². The number of nitrogens with zero attached hydrogens (tertiary/aromatic N) is 1. The van der Waals surface area contributed by atoms with Gasteiger partial charge in [0.2, 0.25) is 0 Å². The van der Waals surface area contributed by atoms with Gasteiger partial charge < -0.3 is 9.32 Å². The van der Waals surface area contributed by atoms with Gasteiger partial charge in [-0.3, -0.25) is 0 Å². The highest BCUT2D eigenvalue weighted by atomic mass is 16.3. The average molecular weight is 564 g/mol. The van der Waals surface area contributed by atoms with Crippen molar-refractivity contribution in [2.24, 2.45) is 0 Å². The molecular formula is C42H29NO. The largest absolute Gasteiger partial charge is 0.454 e. The number of para-hydroxylation sites is 1. The fourth-order valence-corrected chi connectivity index (χ4v) is 6.14. The standard InChI is InChI=1S/C42H29NO/c1-4-12-30(13-5-1)32-20-24-35(25-21-32)43(36-26-22-33(23-27-36)31-14-6-2-7-15-31)39-29-28-37(34-16-8-3-9-17-34)41-38-18-10-11-19-40(38)44-42(39)41/h1-29H. The quantitative estimate of drug-likeness (QED) is 0.200. The number of fused-ring (bicyclic) bond motifs is 3. The van der Waals surface area contributed by atoms with Gasteiger partial charge in [-0.1, -0.05) is 140 Å². The van der Waals surface area contributed by atoms with Crippen molar-refractivity contribution in [2.45, 2.75) is 0 Å². The van der Waals surface area contributed by atoms with E-state index in [0.717, 1.165) is 44.6 Å². The molecule has 0 unspecified atom stereocenters. The number of furan rings is 1. The summed E-state index contributed by atoms with van der Waals surface area (Å²) in [6.07, 6.45) is 0. The first-order valence-electron chi connectivity index (χ1n) is 14.9. The third-order valence-electron chi connectivity index (χ3n) is 8.30. The fraction of sp³-hybridized carbons (Fsp3) is 0. The first kappa shape index (κ1) is 25.8. The maximum Gasteiger partial charge on any atom is 0.160 e. The summed E-state index contributed by atoms with van der Waals surface area (Å²) in [4.78, 5) is 2.31. The summed E-state index contributed by atoms with van der Waals surface area (Å²) in [5.41, 5.74) is 12.0. The van der Waals surface area contributed by atoms with Crippen LogP contribution in [-0.2, 0) is 0 Å². The molecule has 1 heterocycles. The van der Waals surface area contributed by atoms with Crippen molar-refractivity contribution in [1.82, 2.24) is 0 Å². The lowest BCUT2D eigenvalue weighted by molar-refractivity contribution is 0.669. The van der Waals surface area contributed by atoms with Gasteiger partial charge >= 0.3 is 0 Å². The van der Waals surface area contributed by atoms with Crippen molar-refractivity contribution in [2.75, 3.05) is 4.90 Å². The van der Waals surface area contributed by atoms with Crippen LogP contribution < -0.4 is 4.90 Å². The van der Waals surface area contributed by atoms with Crippen molar-refractivity contribution < 1.29 is 4.42 Å². The van der Waals surface area contributed by atoms with Crippen molar-refractivity contribution >= 4 is 39.0 Å². The van der Waals surface area contributed by atoms with Crippen LogP contribution in [0.1, 0.15) is 0 Å². The number of hydrogen-bond donors (Lipinski definition) is 0. The van der Waals surface area contributed by atoms with E-state index in [0.29, 0.717) is 0 Å². The molecule has 8 rings (SSSR count). The molecule has 2 heteroatoms. The molecule has 1 aromatic heterocycles. The predicted molar refractivity (Wildman–Crippen MR) is 185 cm³/mol. The predicted octanol–water partition coefficient (Wildman–Crippen LogP) is 12.1. The van der Waals surface area contributed by atoms with E-state index in [-0.39, 0.29) is 0 Å². The van der Waals surface area contributed by atoms with Crippen LogP contribution in [0.15, 0.2) is 180 Å². The molecule has 0 amide bonds. The lowest BCUT2D eigenvalue weighted by Gasteiger charge is -2.26. The van der Waals surface area contributed by atoms with Crippen LogP contribution in [0.3, 0.4) is 0 Å². The lowest BCUT2D eigenvalue weighted by Crippen LogP contribution is -2.10. The van der Waals surface area contributed by atoms with E-state index < -0.39 is 0 Å². The summed E-state index contributed by atoms with van der Waals surface area (Å²) in [5.74, 6) is 0. The molecule has 44 heavy (non-hydrogen) atoms. The van der Waals surface area contributed by atoms with Crippen LogP contribution in [0.5, 0.6) is 0 Å². The van der Waals surface area contributed by atoms with Crippen LogP contribution in [0.25, 0.3) is 55.3 Å². The molecular weight excluding hydrogens is 534 g/mol. The second kappa shape index (κ2) is 11.1. The molecule has 0 atom stereocenters. The summed E-state index contributed by atoms with van der Waals surface area (Å²) in [6.45, 7) is 0. The van der Waals surface area contributed by atoms with E-state index in [1.807, 2.05) is 6.07 Å². The summed E-state index contributed by atoms with van der Waals surface area (Å²) in [5, 5.41) is 2.23. The molecule has 0 N–H and O–H groups in total. The molecule has 0 aliphatic rings. The molecule has 7 aromatic carbocycles. The van der Waals surface area contributed by atoms with Crippen molar-refractivity contribution in [3.05, 3.63) is 176 Å². The summed E-state index contributed by atoms with van der Waals surface area (Å²) < 4.78 is 6.71. The van der Waals surface area contributed by atoms with Gasteiger partial charge in [-0.25, -0.2) is 0 Å². The van der Waals surface area contributed by atoms with Gasteiger partial charge in [-0.2, -0.15) is 0 Å². The van der Waals surface area contributed by atoms with Crippen LogP contribution in [0, 0.1) is 0 Å². The van der Waals surface area contributed by atoms with E-state index in [4.69, 9.17) is 4.42 Å². The number of hydrogen-bond acceptors (Lipinski definition) is 2. The van der Waals surface area contributed by atoms with Crippen molar-refractivity contribution in [3.63, 3.8) is 0 Å². The lowest BCUT2D eigenvalue weighted by atomic mass is 9.98. The summed E-state index contributed by atoms with van der Waals surface area (Å²) in [7, 11) is 0. The Kier molecular flexibility index (Phi) is 6.51. The normalized spacial score (nSPS) is 11.2. The monoisotopic (exact) mass is 563 g/mol. The zero-order chi connectivity index (χ0) is 29.3. The molecule has 8 aromatic rings. The Labute approximate surface area is 257 Å². The highest BCUT2D eigenvalue weighted by Gasteiger charge is 2.22. The molecule has 0 bridgehead atoms.